The third kappa shape index (κ3) is 4.91. The maximum absolute atomic E-state index is 12.5. The van der Waals surface area contributed by atoms with Crippen LogP contribution >= 0.6 is 22.9 Å². The minimum atomic E-state index is -0.0832. The normalized spacial score (nSPS) is 10.8. The van der Waals surface area contributed by atoms with Crippen molar-refractivity contribution in [3.8, 4) is 11.3 Å². The number of aryl methyl sites for hydroxylation is 1. The molecule has 0 spiro atoms. The van der Waals surface area contributed by atoms with E-state index < -0.39 is 0 Å². The Kier molecular flexibility index (Phi) is 5.74. The summed E-state index contributed by atoms with van der Waals surface area (Å²) in [6, 6.07) is 17.3. The van der Waals surface area contributed by atoms with Crippen molar-refractivity contribution in [3.05, 3.63) is 87.3 Å². The third-order valence-corrected chi connectivity index (χ3v) is 5.49. The number of benzene rings is 2. The van der Waals surface area contributed by atoms with Crippen LogP contribution in [0.4, 0.5) is 5.82 Å². The number of carbonyl (C=O) groups is 1. The second-order valence-corrected chi connectivity index (χ2v) is 8.17. The van der Waals surface area contributed by atoms with Gasteiger partial charge in [-0.1, -0.05) is 48.0 Å². The van der Waals surface area contributed by atoms with Crippen molar-refractivity contribution in [3.63, 3.8) is 0 Å². The number of nitrogens with zero attached hydrogens (tertiary/aromatic N) is 3. The Morgan fingerprint density at radius 1 is 1.07 bits per heavy atom. The Hall–Kier alpha value is -2.96. The van der Waals surface area contributed by atoms with Crippen LogP contribution in [-0.4, -0.2) is 20.7 Å². The molecule has 0 atom stereocenters. The van der Waals surface area contributed by atoms with Crippen LogP contribution in [0.25, 0.3) is 11.3 Å². The second-order valence-electron chi connectivity index (χ2n) is 6.67. The highest BCUT2D eigenvalue weighted by molar-refractivity contribution is 7.09. The molecule has 1 amide bonds. The highest BCUT2D eigenvalue weighted by atomic mass is 35.5. The first-order valence-corrected chi connectivity index (χ1v) is 10.4. The van der Waals surface area contributed by atoms with Gasteiger partial charge in [0.25, 0.3) is 0 Å². The van der Waals surface area contributed by atoms with Gasteiger partial charge in [0, 0.05) is 22.0 Å². The highest BCUT2D eigenvalue weighted by Crippen LogP contribution is 2.22. The summed E-state index contributed by atoms with van der Waals surface area (Å²) in [6.45, 7) is 2.55. The fraction of sp³-hybridized carbons (Fsp3) is 0.136. The van der Waals surface area contributed by atoms with Crippen LogP contribution in [0.5, 0.6) is 0 Å². The van der Waals surface area contributed by atoms with Gasteiger partial charge in [-0.2, -0.15) is 5.10 Å². The quantitative estimate of drug-likeness (QED) is 0.464. The van der Waals surface area contributed by atoms with Crippen molar-refractivity contribution in [1.82, 2.24) is 14.8 Å². The van der Waals surface area contributed by atoms with Crippen LogP contribution < -0.4 is 5.32 Å². The fourth-order valence-electron chi connectivity index (χ4n) is 2.99. The summed E-state index contributed by atoms with van der Waals surface area (Å²) in [5.41, 5.74) is 4.03. The first-order valence-electron chi connectivity index (χ1n) is 9.14. The van der Waals surface area contributed by atoms with E-state index in [1.54, 1.807) is 28.3 Å². The van der Waals surface area contributed by atoms with E-state index in [0.29, 0.717) is 23.8 Å². The molecule has 2 aromatic heterocycles. The van der Waals surface area contributed by atoms with E-state index in [1.807, 2.05) is 60.8 Å². The molecular formula is C22H19ClN4OS. The van der Waals surface area contributed by atoms with E-state index in [2.05, 4.69) is 15.4 Å². The predicted molar refractivity (Wildman–Crippen MR) is 117 cm³/mol. The van der Waals surface area contributed by atoms with Crippen molar-refractivity contribution in [2.24, 2.45) is 0 Å². The molecular weight excluding hydrogens is 404 g/mol. The molecule has 5 nitrogen and oxygen atoms in total. The van der Waals surface area contributed by atoms with Crippen LogP contribution in [0, 0.1) is 6.92 Å². The first kappa shape index (κ1) is 19.4. The molecule has 0 fully saturated rings. The van der Waals surface area contributed by atoms with E-state index >= 15 is 0 Å². The lowest BCUT2D eigenvalue weighted by atomic mass is 10.1. The van der Waals surface area contributed by atoms with Crippen molar-refractivity contribution in [2.45, 2.75) is 19.9 Å². The molecule has 4 aromatic rings. The largest absolute Gasteiger partial charge is 0.311 e. The monoisotopic (exact) mass is 422 g/mol. The molecule has 0 aliphatic heterocycles. The van der Waals surface area contributed by atoms with Crippen molar-refractivity contribution >= 4 is 34.7 Å². The van der Waals surface area contributed by atoms with Crippen molar-refractivity contribution in [2.75, 3.05) is 5.32 Å². The molecule has 29 heavy (non-hydrogen) atoms. The number of carbonyl (C=O) groups excluding carboxylic acids is 1. The number of nitrogens with one attached hydrogen (secondary N) is 1. The molecule has 0 saturated heterocycles. The van der Waals surface area contributed by atoms with Gasteiger partial charge >= 0.3 is 0 Å². The Morgan fingerprint density at radius 3 is 2.48 bits per heavy atom. The number of anilines is 1. The molecule has 0 radical (unpaired) electrons. The van der Waals surface area contributed by atoms with E-state index in [0.717, 1.165) is 27.4 Å². The van der Waals surface area contributed by atoms with Gasteiger partial charge in [-0.25, -0.2) is 9.67 Å². The lowest BCUT2D eigenvalue weighted by molar-refractivity contribution is -0.115. The molecule has 4 rings (SSSR count). The number of aromatic nitrogens is 3. The standard InChI is InChI=1S/C22H19ClN4OS/c1-15-25-20(14-29-15)18-6-2-16(3-7-18)12-22(28)26-21-10-11-24-27(21)13-17-4-8-19(23)9-5-17/h2-11,14H,12-13H2,1H3,(H,26,28). The maximum atomic E-state index is 12.5. The summed E-state index contributed by atoms with van der Waals surface area (Å²) in [5.74, 6) is 0.583. The Morgan fingerprint density at radius 2 is 1.79 bits per heavy atom. The summed E-state index contributed by atoms with van der Waals surface area (Å²) >= 11 is 7.56. The van der Waals surface area contributed by atoms with Gasteiger partial charge in [0.15, 0.2) is 0 Å². The number of hydrogen-bond acceptors (Lipinski definition) is 4. The molecule has 0 unspecified atom stereocenters. The zero-order valence-electron chi connectivity index (χ0n) is 15.8. The average molecular weight is 423 g/mol. The van der Waals surface area contributed by atoms with E-state index in [1.165, 1.54) is 0 Å². The van der Waals surface area contributed by atoms with Crippen LogP contribution in [0.1, 0.15) is 16.1 Å². The van der Waals surface area contributed by atoms with Gasteiger partial charge in [-0.05, 0) is 30.2 Å². The van der Waals surface area contributed by atoms with E-state index in [9.17, 15) is 4.79 Å². The molecule has 0 saturated carbocycles. The number of halogens is 1. The van der Waals surface area contributed by atoms with Crippen LogP contribution in [0.15, 0.2) is 66.2 Å². The average Bonchev–Trinajstić information content (AvgIpc) is 3.33. The summed E-state index contributed by atoms with van der Waals surface area (Å²) in [4.78, 5) is 17.0. The lowest BCUT2D eigenvalue weighted by Crippen LogP contribution is -2.18. The Bertz CT molecular complexity index is 1120. The topological polar surface area (TPSA) is 59.8 Å². The summed E-state index contributed by atoms with van der Waals surface area (Å²) < 4.78 is 1.76. The third-order valence-electron chi connectivity index (χ3n) is 4.46. The minimum Gasteiger partial charge on any atom is -0.311 e. The molecule has 0 aliphatic carbocycles. The van der Waals surface area contributed by atoms with Crippen LogP contribution in [0.3, 0.4) is 0 Å². The molecule has 2 aromatic carbocycles. The Labute approximate surface area is 178 Å². The number of rotatable bonds is 6. The van der Waals surface area contributed by atoms with Gasteiger partial charge in [-0.15, -0.1) is 11.3 Å². The molecule has 146 valence electrons. The fourth-order valence-corrected chi connectivity index (χ4v) is 3.74. The molecule has 0 bridgehead atoms. The second kappa shape index (κ2) is 8.59. The zero-order chi connectivity index (χ0) is 20.2. The zero-order valence-corrected chi connectivity index (χ0v) is 17.4. The van der Waals surface area contributed by atoms with E-state index in [-0.39, 0.29) is 5.91 Å². The SMILES string of the molecule is Cc1nc(-c2ccc(CC(=O)Nc3ccnn3Cc3ccc(Cl)cc3)cc2)cs1. The Balaban J connectivity index is 1.39. The van der Waals surface area contributed by atoms with Gasteiger partial charge < -0.3 is 5.32 Å². The molecule has 0 aliphatic rings. The first-order chi connectivity index (χ1) is 14.1. The van der Waals surface area contributed by atoms with E-state index in [4.69, 9.17) is 11.6 Å². The van der Waals surface area contributed by atoms with Crippen molar-refractivity contribution in [1.29, 1.82) is 0 Å². The van der Waals surface area contributed by atoms with Gasteiger partial charge in [0.2, 0.25) is 5.91 Å². The number of hydrogen-bond donors (Lipinski definition) is 1. The highest BCUT2D eigenvalue weighted by Gasteiger charge is 2.10. The summed E-state index contributed by atoms with van der Waals surface area (Å²) in [6.07, 6.45) is 1.97. The summed E-state index contributed by atoms with van der Waals surface area (Å²) in [5, 5.41) is 11.0. The van der Waals surface area contributed by atoms with Crippen LogP contribution in [-0.2, 0) is 17.8 Å². The smallest absolute Gasteiger partial charge is 0.229 e. The molecule has 1 N–H and O–H groups in total. The number of amides is 1. The maximum Gasteiger partial charge on any atom is 0.229 e. The lowest BCUT2D eigenvalue weighted by Gasteiger charge is -2.10. The van der Waals surface area contributed by atoms with Gasteiger partial charge in [-0.3, -0.25) is 4.79 Å². The molecule has 7 heteroatoms. The predicted octanol–water partition coefficient (Wildman–Crippen LogP) is 5.20. The van der Waals surface area contributed by atoms with Gasteiger partial charge in [0.05, 0.1) is 29.9 Å². The minimum absolute atomic E-state index is 0.0832. The van der Waals surface area contributed by atoms with Crippen LogP contribution in [0.2, 0.25) is 5.02 Å². The summed E-state index contributed by atoms with van der Waals surface area (Å²) in [7, 11) is 0. The number of thiazole rings is 1. The van der Waals surface area contributed by atoms with Crippen molar-refractivity contribution < 1.29 is 4.79 Å². The molecule has 2 heterocycles. The van der Waals surface area contributed by atoms with Gasteiger partial charge in [0.1, 0.15) is 5.82 Å².